The average Bonchev–Trinajstić information content (AvgIpc) is 2.51. The molecule has 0 fully saturated rings. The second kappa shape index (κ2) is 8.02. The van der Waals surface area contributed by atoms with Crippen LogP contribution in [0.1, 0.15) is 24.0 Å². The monoisotopic (exact) mass is 351 g/mol. The predicted octanol–water partition coefficient (Wildman–Crippen LogP) is 4.60. The normalized spacial score (nSPS) is 10.5. The number of halogens is 2. The molecule has 2 N–H and O–H groups in total. The van der Waals surface area contributed by atoms with Gasteiger partial charge >= 0.3 is 0 Å². The van der Waals surface area contributed by atoms with Crippen molar-refractivity contribution in [2.45, 2.75) is 26.7 Å². The topological polar surface area (TPSA) is 58.6 Å². The van der Waals surface area contributed by atoms with Gasteiger partial charge in [0.25, 0.3) is 0 Å². The molecule has 0 aliphatic carbocycles. The van der Waals surface area contributed by atoms with Crippen molar-refractivity contribution in [2.24, 2.45) is 0 Å². The van der Waals surface area contributed by atoms with E-state index in [1.807, 2.05) is 32.0 Å². The molecule has 24 heavy (non-hydrogen) atoms. The molecule has 0 spiro atoms. The molecule has 128 valence electrons. The van der Waals surface area contributed by atoms with E-state index in [1.54, 1.807) is 0 Å². The molecular formula is C18H19ClFNO3. The van der Waals surface area contributed by atoms with E-state index < -0.39 is 5.82 Å². The van der Waals surface area contributed by atoms with Gasteiger partial charge < -0.3 is 15.2 Å². The van der Waals surface area contributed by atoms with Gasteiger partial charge in [-0.3, -0.25) is 4.79 Å². The molecule has 0 aromatic heterocycles. The van der Waals surface area contributed by atoms with Crippen LogP contribution in [0.25, 0.3) is 0 Å². The first-order valence-electron chi connectivity index (χ1n) is 7.55. The highest BCUT2D eigenvalue weighted by atomic mass is 35.5. The van der Waals surface area contributed by atoms with Crippen molar-refractivity contribution in [1.29, 1.82) is 0 Å². The van der Waals surface area contributed by atoms with Crippen LogP contribution >= 0.6 is 11.6 Å². The molecule has 0 bridgehead atoms. The summed E-state index contributed by atoms with van der Waals surface area (Å²) in [7, 11) is 0. The Morgan fingerprint density at radius 3 is 2.62 bits per heavy atom. The zero-order chi connectivity index (χ0) is 17.7. The van der Waals surface area contributed by atoms with Gasteiger partial charge in [-0.2, -0.15) is 0 Å². The first-order valence-corrected chi connectivity index (χ1v) is 7.93. The molecule has 2 rings (SSSR count). The van der Waals surface area contributed by atoms with E-state index in [2.05, 4.69) is 5.32 Å². The summed E-state index contributed by atoms with van der Waals surface area (Å²) in [5.74, 6) is -0.624. The first kappa shape index (κ1) is 18.1. The van der Waals surface area contributed by atoms with Gasteiger partial charge in [0.2, 0.25) is 5.91 Å². The van der Waals surface area contributed by atoms with Gasteiger partial charge in [0.1, 0.15) is 17.3 Å². The highest BCUT2D eigenvalue weighted by molar-refractivity contribution is 6.32. The van der Waals surface area contributed by atoms with Crippen molar-refractivity contribution in [1.82, 2.24) is 0 Å². The number of hydrogen-bond donors (Lipinski definition) is 2. The van der Waals surface area contributed by atoms with Gasteiger partial charge in [-0.25, -0.2) is 4.39 Å². The van der Waals surface area contributed by atoms with E-state index >= 15 is 0 Å². The molecule has 0 atom stereocenters. The van der Waals surface area contributed by atoms with Crippen molar-refractivity contribution in [3.05, 3.63) is 52.3 Å². The van der Waals surface area contributed by atoms with E-state index in [4.69, 9.17) is 16.3 Å². The predicted molar refractivity (Wildman–Crippen MR) is 92.3 cm³/mol. The van der Waals surface area contributed by atoms with E-state index in [-0.39, 0.29) is 28.8 Å². The third kappa shape index (κ3) is 4.61. The second-order valence-corrected chi connectivity index (χ2v) is 5.91. The first-order chi connectivity index (χ1) is 11.4. The van der Waals surface area contributed by atoms with Crippen LogP contribution in [-0.2, 0) is 4.79 Å². The van der Waals surface area contributed by atoms with Gasteiger partial charge in [0.05, 0.1) is 17.3 Å². The molecule has 1 amide bonds. The summed E-state index contributed by atoms with van der Waals surface area (Å²) in [6.07, 6.45) is 0.676. The number of ether oxygens (including phenoxy) is 1. The number of amides is 1. The number of rotatable bonds is 6. The minimum Gasteiger partial charge on any atom is -0.506 e. The third-order valence-electron chi connectivity index (χ3n) is 3.51. The highest BCUT2D eigenvalue weighted by Gasteiger charge is 2.11. The minimum atomic E-state index is -0.739. The molecular weight excluding hydrogens is 333 g/mol. The molecule has 6 heteroatoms. The summed E-state index contributed by atoms with van der Waals surface area (Å²) in [5.41, 5.74) is 2.03. The van der Waals surface area contributed by atoms with Crippen LogP contribution in [0.4, 0.5) is 10.1 Å². The van der Waals surface area contributed by atoms with Gasteiger partial charge in [-0.05, 0) is 37.5 Å². The largest absolute Gasteiger partial charge is 0.506 e. The number of hydrogen-bond acceptors (Lipinski definition) is 3. The fourth-order valence-electron chi connectivity index (χ4n) is 2.28. The Bertz CT molecular complexity index is 729. The van der Waals surface area contributed by atoms with Gasteiger partial charge in [0, 0.05) is 12.5 Å². The molecule has 0 unspecified atom stereocenters. The zero-order valence-corrected chi connectivity index (χ0v) is 14.3. The van der Waals surface area contributed by atoms with Crippen molar-refractivity contribution in [3.8, 4) is 11.5 Å². The van der Waals surface area contributed by atoms with Crippen LogP contribution in [0, 0.1) is 19.7 Å². The SMILES string of the molecule is Cc1cccc(C)c1OCCCC(=O)Nc1cc(Cl)c(O)cc1F. The molecule has 0 heterocycles. The Hall–Kier alpha value is -2.27. The lowest BCUT2D eigenvalue weighted by molar-refractivity contribution is -0.116. The second-order valence-electron chi connectivity index (χ2n) is 5.50. The Kier molecular flexibility index (Phi) is 6.04. The van der Waals surface area contributed by atoms with Crippen LogP contribution < -0.4 is 10.1 Å². The quantitative estimate of drug-likeness (QED) is 0.590. The molecule has 2 aromatic carbocycles. The van der Waals surface area contributed by atoms with Crippen LogP contribution in [-0.4, -0.2) is 17.6 Å². The summed E-state index contributed by atoms with van der Waals surface area (Å²) >= 11 is 5.71. The van der Waals surface area contributed by atoms with Crippen LogP contribution in [0.5, 0.6) is 11.5 Å². The van der Waals surface area contributed by atoms with Crippen molar-refractivity contribution >= 4 is 23.2 Å². The van der Waals surface area contributed by atoms with Crippen molar-refractivity contribution in [3.63, 3.8) is 0 Å². The third-order valence-corrected chi connectivity index (χ3v) is 3.82. The fourth-order valence-corrected chi connectivity index (χ4v) is 2.44. The van der Waals surface area contributed by atoms with E-state index in [1.165, 1.54) is 6.07 Å². The fraction of sp³-hybridized carbons (Fsp3) is 0.278. The number of aromatic hydroxyl groups is 1. The zero-order valence-electron chi connectivity index (χ0n) is 13.5. The highest BCUT2D eigenvalue weighted by Crippen LogP contribution is 2.29. The number of phenols is 1. The Morgan fingerprint density at radius 2 is 1.96 bits per heavy atom. The van der Waals surface area contributed by atoms with Gasteiger partial charge in [-0.15, -0.1) is 0 Å². The van der Waals surface area contributed by atoms with E-state index in [9.17, 15) is 14.3 Å². The lowest BCUT2D eigenvalue weighted by Crippen LogP contribution is -2.14. The number of benzene rings is 2. The number of para-hydroxylation sites is 1. The number of aryl methyl sites for hydroxylation is 2. The Balaban J connectivity index is 1.83. The summed E-state index contributed by atoms with van der Waals surface area (Å²) < 4.78 is 19.3. The molecule has 0 saturated carbocycles. The summed E-state index contributed by atoms with van der Waals surface area (Å²) in [6.45, 7) is 4.32. The molecule has 2 aromatic rings. The van der Waals surface area contributed by atoms with Crippen LogP contribution in [0.15, 0.2) is 30.3 Å². The molecule has 0 radical (unpaired) electrons. The van der Waals surface area contributed by atoms with Crippen LogP contribution in [0.3, 0.4) is 0 Å². The molecule has 4 nitrogen and oxygen atoms in total. The number of phenolic OH excluding ortho intramolecular Hbond substituents is 1. The average molecular weight is 352 g/mol. The van der Waals surface area contributed by atoms with Crippen molar-refractivity contribution in [2.75, 3.05) is 11.9 Å². The van der Waals surface area contributed by atoms with Gasteiger partial charge in [0.15, 0.2) is 0 Å². The Labute approximate surface area is 145 Å². The lowest BCUT2D eigenvalue weighted by atomic mass is 10.1. The molecule has 0 saturated heterocycles. The number of anilines is 1. The smallest absolute Gasteiger partial charge is 0.224 e. The van der Waals surface area contributed by atoms with Gasteiger partial charge in [-0.1, -0.05) is 29.8 Å². The number of carbonyl (C=O) groups is 1. The summed E-state index contributed by atoms with van der Waals surface area (Å²) in [5, 5.41) is 11.7. The maximum absolute atomic E-state index is 13.6. The molecule has 0 aliphatic rings. The standard InChI is InChI=1S/C18H19ClFNO3/c1-11-5-3-6-12(2)18(11)24-8-4-7-17(23)21-15-9-13(19)16(22)10-14(15)20/h3,5-6,9-10,22H,4,7-8H2,1-2H3,(H,21,23). The number of nitrogens with one attached hydrogen (secondary N) is 1. The summed E-state index contributed by atoms with van der Waals surface area (Å²) in [6, 6.07) is 7.93. The van der Waals surface area contributed by atoms with Crippen molar-refractivity contribution < 1.29 is 19.0 Å². The maximum atomic E-state index is 13.6. The molecule has 0 aliphatic heterocycles. The number of carbonyl (C=O) groups excluding carboxylic acids is 1. The van der Waals surface area contributed by atoms with E-state index in [0.717, 1.165) is 22.9 Å². The van der Waals surface area contributed by atoms with Crippen LogP contribution in [0.2, 0.25) is 5.02 Å². The Morgan fingerprint density at radius 1 is 1.29 bits per heavy atom. The maximum Gasteiger partial charge on any atom is 0.224 e. The summed E-state index contributed by atoms with van der Waals surface area (Å²) in [4.78, 5) is 11.9. The lowest BCUT2D eigenvalue weighted by Gasteiger charge is -2.12. The van der Waals surface area contributed by atoms with E-state index in [0.29, 0.717) is 13.0 Å². The minimum absolute atomic E-state index is 0.0231.